The number of esters is 1. The summed E-state index contributed by atoms with van der Waals surface area (Å²) in [6.07, 6.45) is 12.1. The van der Waals surface area contributed by atoms with Crippen molar-refractivity contribution in [1.82, 2.24) is 0 Å². The van der Waals surface area contributed by atoms with Crippen LogP contribution < -0.4 is 9.47 Å². The van der Waals surface area contributed by atoms with Crippen LogP contribution in [0, 0.1) is 0 Å². The molecule has 6 nitrogen and oxygen atoms in total. The van der Waals surface area contributed by atoms with Crippen molar-refractivity contribution < 1.29 is 28.8 Å². The van der Waals surface area contributed by atoms with Crippen LogP contribution in [0.1, 0.15) is 113 Å². The molecule has 3 atom stereocenters. The summed E-state index contributed by atoms with van der Waals surface area (Å²) >= 11 is 0. The molecule has 0 amide bonds. The Kier molecular flexibility index (Phi) is 14.2. The van der Waals surface area contributed by atoms with Crippen molar-refractivity contribution >= 4 is 5.97 Å². The van der Waals surface area contributed by atoms with Crippen molar-refractivity contribution in [2.45, 2.75) is 109 Å². The highest BCUT2D eigenvalue weighted by Crippen LogP contribution is 2.34. The molecule has 0 spiro atoms. The van der Waals surface area contributed by atoms with Crippen molar-refractivity contribution in [3.63, 3.8) is 0 Å². The Hall–Kier alpha value is -2.57. The lowest BCUT2D eigenvalue weighted by atomic mass is 9.96. The zero-order valence-electron chi connectivity index (χ0n) is 23.9. The van der Waals surface area contributed by atoms with Gasteiger partial charge in [-0.15, -0.1) is 0 Å². The molecule has 0 saturated carbocycles. The molecule has 1 N–H and O–H groups in total. The predicted octanol–water partition coefficient (Wildman–Crippen LogP) is 7.82. The van der Waals surface area contributed by atoms with Gasteiger partial charge in [0.1, 0.15) is 23.7 Å². The molecule has 2 aromatic carbocycles. The van der Waals surface area contributed by atoms with Gasteiger partial charge in [0.25, 0.3) is 0 Å². The minimum Gasteiger partial charge on any atom is -0.494 e. The van der Waals surface area contributed by atoms with Gasteiger partial charge < -0.3 is 24.1 Å². The van der Waals surface area contributed by atoms with Gasteiger partial charge in [0.15, 0.2) is 0 Å². The second kappa shape index (κ2) is 17.9. The minimum atomic E-state index is -0.567. The topological polar surface area (TPSA) is 74.2 Å². The molecule has 2 aromatic rings. The van der Waals surface area contributed by atoms with E-state index in [4.69, 9.17) is 18.9 Å². The van der Waals surface area contributed by atoms with Gasteiger partial charge in [0.05, 0.1) is 31.5 Å². The van der Waals surface area contributed by atoms with Crippen LogP contribution in [0.5, 0.6) is 11.5 Å². The number of carbonyl (C=O) groups excluding carboxylic acids is 1. The first-order valence-electron chi connectivity index (χ1n) is 15.1. The van der Waals surface area contributed by atoms with Gasteiger partial charge in [-0.05, 0) is 67.6 Å². The van der Waals surface area contributed by atoms with Crippen LogP contribution in [0.2, 0.25) is 0 Å². The quantitative estimate of drug-likeness (QED) is 0.153. The maximum absolute atomic E-state index is 12.8. The molecule has 216 valence electrons. The number of ether oxygens (including phenoxy) is 4. The summed E-state index contributed by atoms with van der Waals surface area (Å²) in [5, 5.41) is 9.96. The van der Waals surface area contributed by atoms with E-state index in [2.05, 4.69) is 13.8 Å². The number of unbranched alkanes of at least 4 members (excludes halogenated alkanes) is 8. The van der Waals surface area contributed by atoms with Crippen LogP contribution >= 0.6 is 0 Å². The first-order chi connectivity index (χ1) is 19.1. The maximum atomic E-state index is 12.8. The maximum Gasteiger partial charge on any atom is 0.338 e. The highest BCUT2D eigenvalue weighted by atomic mass is 16.6. The summed E-state index contributed by atoms with van der Waals surface area (Å²) in [5.41, 5.74) is 1.50. The van der Waals surface area contributed by atoms with E-state index in [0.29, 0.717) is 25.0 Å². The second-order valence-corrected chi connectivity index (χ2v) is 10.5. The molecule has 1 aliphatic heterocycles. The minimum absolute atomic E-state index is 0.154. The summed E-state index contributed by atoms with van der Waals surface area (Å²) < 4.78 is 23.6. The van der Waals surface area contributed by atoms with Crippen molar-refractivity contribution in [1.29, 1.82) is 0 Å². The predicted molar refractivity (Wildman–Crippen MR) is 155 cm³/mol. The van der Waals surface area contributed by atoms with Crippen LogP contribution in [-0.4, -0.2) is 43.1 Å². The van der Waals surface area contributed by atoms with Crippen LogP contribution in [0.3, 0.4) is 0 Å². The van der Waals surface area contributed by atoms with Gasteiger partial charge in [0.2, 0.25) is 0 Å². The van der Waals surface area contributed by atoms with Gasteiger partial charge in [-0.25, -0.2) is 4.79 Å². The van der Waals surface area contributed by atoms with Crippen molar-refractivity contribution in [2.24, 2.45) is 0 Å². The normalized spacial score (nSPS) is 19.0. The van der Waals surface area contributed by atoms with Crippen molar-refractivity contribution in [2.75, 3.05) is 19.8 Å². The van der Waals surface area contributed by atoms with Crippen LogP contribution in [0.25, 0.3) is 0 Å². The standard InChI is InChI=1S/C33H48O6/c1-3-5-7-9-10-12-24-37-29-19-15-27(16-20-29)33(35)39-31-22-21-30(38-32(31)25-34)26-13-17-28(18-14-26)36-23-11-8-6-4-2/h13-20,30-32,34H,3-12,21-25H2,1-2H3/t30-,31+,32-/m1/s1. The molecule has 0 aliphatic carbocycles. The van der Waals surface area contributed by atoms with E-state index in [1.165, 1.54) is 51.4 Å². The molecule has 0 bridgehead atoms. The Morgan fingerprint density at radius 2 is 1.31 bits per heavy atom. The summed E-state index contributed by atoms with van der Waals surface area (Å²) in [6, 6.07) is 15.1. The molecule has 0 aromatic heterocycles. The third-order valence-corrected chi connectivity index (χ3v) is 7.28. The molecule has 3 rings (SSSR count). The number of hydrogen-bond donors (Lipinski definition) is 1. The molecule has 6 heteroatoms. The fourth-order valence-corrected chi connectivity index (χ4v) is 4.87. The van der Waals surface area contributed by atoms with Crippen LogP contribution in [-0.2, 0) is 9.47 Å². The first-order valence-corrected chi connectivity index (χ1v) is 15.1. The third kappa shape index (κ3) is 10.8. The van der Waals surface area contributed by atoms with Gasteiger partial charge in [-0.2, -0.15) is 0 Å². The summed E-state index contributed by atoms with van der Waals surface area (Å²) in [6.45, 7) is 5.63. The fraction of sp³-hybridized carbons (Fsp3) is 0.606. The second-order valence-electron chi connectivity index (χ2n) is 10.5. The number of hydrogen-bond acceptors (Lipinski definition) is 6. The number of benzene rings is 2. The first kappa shape index (κ1) is 31.0. The molecule has 1 aliphatic rings. The average Bonchev–Trinajstić information content (AvgIpc) is 2.97. The lowest BCUT2D eigenvalue weighted by molar-refractivity contribution is -0.138. The van der Waals surface area contributed by atoms with Gasteiger partial charge in [0, 0.05) is 0 Å². The van der Waals surface area contributed by atoms with Crippen molar-refractivity contribution in [3.8, 4) is 11.5 Å². The number of rotatable bonds is 18. The Labute approximate surface area is 235 Å². The van der Waals surface area contributed by atoms with Crippen molar-refractivity contribution in [3.05, 3.63) is 59.7 Å². The van der Waals surface area contributed by atoms with Crippen LogP contribution in [0.15, 0.2) is 48.5 Å². The molecule has 39 heavy (non-hydrogen) atoms. The summed E-state index contributed by atoms with van der Waals surface area (Å²) in [7, 11) is 0. The summed E-state index contributed by atoms with van der Waals surface area (Å²) in [4.78, 5) is 12.8. The highest BCUT2D eigenvalue weighted by molar-refractivity contribution is 5.89. The van der Waals surface area contributed by atoms with Gasteiger partial charge in [-0.3, -0.25) is 0 Å². The zero-order chi connectivity index (χ0) is 27.7. The molecule has 0 unspecified atom stereocenters. The van der Waals surface area contributed by atoms with Gasteiger partial charge in [-0.1, -0.05) is 77.3 Å². The Bertz CT molecular complexity index is 926. The Balaban J connectivity index is 1.41. The Morgan fingerprint density at radius 1 is 0.769 bits per heavy atom. The molecular weight excluding hydrogens is 492 g/mol. The van der Waals surface area contributed by atoms with E-state index in [-0.39, 0.29) is 12.7 Å². The zero-order valence-corrected chi connectivity index (χ0v) is 23.9. The highest BCUT2D eigenvalue weighted by Gasteiger charge is 2.34. The number of aliphatic hydroxyl groups is 1. The van der Waals surface area contributed by atoms with E-state index in [9.17, 15) is 9.90 Å². The smallest absolute Gasteiger partial charge is 0.338 e. The Morgan fingerprint density at radius 3 is 1.90 bits per heavy atom. The molecule has 1 heterocycles. The fourth-order valence-electron chi connectivity index (χ4n) is 4.87. The van der Waals surface area contributed by atoms with Crippen LogP contribution in [0.4, 0.5) is 0 Å². The summed E-state index contributed by atoms with van der Waals surface area (Å²) in [5.74, 6) is 1.20. The van der Waals surface area contributed by atoms with E-state index in [1.54, 1.807) is 12.1 Å². The molecular formula is C33H48O6. The lowest BCUT2D eigenvalue weighted by Crippen LogP contribution is -2.41. The third-order valence-electron chi connectivity index (χ3n) is 7.28. The molecule has 1 saturated heterocycles. The SMILES string of the molecule is CCCCCCCCOc1ccc(C(=O)O[C@H]2CC[C@H](c3ccc(OCCCCCC)cc3)O[C@@H]2CO)cc1. The molecule has 0 radical (unpaired) electrons. The van der Waals surface area contributed by atoms with E-state index in [1.807, 2.05) is 36.4 Å². The van der Waals surface area contributed by atoms with E-state index in [0.717, 1.165) is 36.5 Å². The lowest BCUT2D eigenvalue weighted by Gasteiger charge is -2.35. The van der Waals surface area contributed by atoms with Gasteiger partial charge >= 0.3 is 5.97 Å². The van der Waals surface area contributed by atoms with E-state index < -0.39 is 18.2 Å². The number of carbonyl (C=O) groups is 1. The number of aliphatic hydroxyl groups excluding tert-OH is 1. The average molecular weight is 541 g/mol. The monoisotopic (exact) mass is 540 g/mol. The molecule has 1 fully saturated rings. The largest absolute Gasteiger partial charge is 0.494 e. The van der Waals surface area contributed by atoms with E-state index >= 15 is 0 Å².